The van der Waals surface area contributed by atoms with Crippen LogP contribution in [-0.2, 0) is 13.6 Å². The van der Waals surface area contributed by atoms with Gasteiger partial charge in [-0.1, -0.05) is 30.3 Å². The van der Waals surface area contributed by atoms with Crippen LogP contribution in [0.4, 0.5) is 22.9 Å². The number of anilines is 4. The highest BCUT2D eigenvalue weighted by atomic mass is 16.2. The number of hydrogen-bond donors (Lipinski definition) is 1. The van der Waals surface area contributed by atoms with Crippen molar-refractivity contribution >= 4 is 22.9 Å². The van der Waals surface area contributed by atoms with Crippen LogP contribution in [0.5, 0.6) is 0 Å². The third-order valence-corrected chi connectivity index (χ3v) is 5.29. The topological polar surface area (TPSA) is 61.3 Å². The van der Waals surface area contributed by atoms with Crippen molar-refractivity contribution < 1.29 is 0 Å². The van der Waals surface area contributed by atoms with E-state index in [0.29, 0.717) is 18.1 Å². The molecule has 1 N–H and O–H groups in total. The molecule has 0 fully saturated rings. The highest BCUT2D eigenvalue weighted by Crippen LogP contribution is 2.45. The number of nitrogens with one attached hydrogen (secondary N) is 1. The first-order valence-corrected chi connectivity index (χ1v) is 8.88. The van der Waals surface area contributed by atoms with Gasteiger partial charge in [0, 0.05) is 20.6 Å². The Bertz CT molecular complexity index is 1150. The van der Waals surface area contributed by atoms with E-state index in [1.807, 2.05) is 47.2 Å². The summed E-state index contributed by atoms with van der Waals surface area (Å²) in [5.41, 5.74) is 5.09. The summed E-state index contributed by atoms with van der Waals surface area (Å²) in [5, 5.41) is 0. The molecule has 0 atom stereocenters. The Labute approximate surface area is 157 Å². The second kappa shape index (κ2) is 6.16. The molecular weight excluding hydrogens is 340 g/mol. The maximum absolute atomic E-state index is 13.0. The lowest BCUT2D eigenvalue weighted by Gasteiger charge is -2.38. The van der Waals surface area contributed by atoms with Crippen molar-refractivity contribution in [3.8, 4) is 0 Å². The normalized spacial score (nSPS) is 12.7. The van der Waals surface area contributed by atoms with Gasteiger partial charge in [-0.05, 0) is 42.7 Å². The number of fused-ring (bicyclic) bond motifs is 2. The fraction of sp³-hybridized carbons (Fsp3) is 0.238. The van der Waals surface area contributed by atoms with Gasteiger partial charge in [0.2, 0.25) is 0 Å². The number of aryl methyl sites for hydroxylation is 2. The first-order chi connectivity index (χ1) is 12.9. The summed E-state index contributed by atoms with van der Waals surface area (Å²) in [7, 11) is 3.37. The molecule has 0 radical (unpaired) electrons. The van der Waals surface area contributed by atoms with E-state index in [-0.39, 0.29) is 5.56 Å². The van der Waals surface area contributed by atoms with Gasteiger partial charge in [-0.2, -0.15) is 0 Å². The molecule has 0 bridgehead atoms. The summed E-state index contributed by atoms with van der Waals surface area (Å²) in [5.74, 6) is 0.523. The number of H-pyrrole nitrogens is 1. The summed E-state index contributed by atoms with van der Waals surface area (Å²) in [4.78, 5) is 32.0. The molecule has 27 heavy (non-hydrogen) atoms. The molecule has 6 heteroatoms. The fourth-order valence-corrected chi connectivity index (χ4v) is 3.52. The van der Waals surface area contributed by atoms with Gasteiger partial charge in [-0.15, -0.1) is 0 Å². The molecule has 6 nitrogen and oxygen atoms in total. The highest BCUT2D eigenvalue weighted by Gasteiger charge is 2.31. The van der Waals surface area contributed by atoms with E-state index < -0.39 is 5.69 Å². The van der Waals surface area contributed by atoms with Crippen LogP contribution in [0.2, 0.25) is 0 Å². The Morgan fingerprint density at radius 1 is 0.926 bits per heavy atom. The van der Waals surface area contributed by atoms with Crippen molar-refractivity contribution in [1.82, 2.24) is 9.55 Å². The molecule has 1 aromatic heterocycles. The molecule has 3 aromatic rings. The average Bonchev–Trinajstić information content (AvgIpc) is 2.66. The van der Waals surface area contributed by atoms with Crippen LogP contribution >= 0.6 is 0 Å². The Morgan fingerprint density at radius 2 is 1.56 bits per heavy atom. The maximum atomic E-state index is 13.0. The van der Waals surface area contributed by atoms with Crippen molar-refractivity contribution in [3.63, 3.8) is 0 Å². The van der Waals surface area contributed by atoms with E-state index in [0.717, 1.165) is 32.6 Å². The van der Waals surface area contributed by atoms with E-state index in [9.17, 15) is 9.59 Å². The molecule has 0 unspecified atom stereocenters. The van der Waals surface area contributed by atoms with Crippen LogP contribution < -0.4 is 21.0 Å². The molecule has 0 spiro atoms. The molecule has 0 aliphatic carbocycles. The van der Waals surface area contributed by atoms with Gasteiger partial charge >= 0.3 is 5.69 Å². The fourth-order valence-electron chi connectivity index (χ4n) is 3.52. The van der Waals surface area contributed by atoms with Crippen LogP contribution in [-0.4, -0.2) is 16.6 Å². The standard InChI is InChI=1S/C21H22N4O2/c1-13-10-16-17(11-14(13)2)25(12-15-8-6-5-7-9-15)18-19(23(16)3)22-21(27)24(4)20(18)26/h5-11H,12H2,1-4H3,(H,22,27). The minimum absolute atomic E-state index is 0.305. The minimum atomic E-state index is -0.419. The summed E-state index contributed by atoms with van der Waals surface area (Å²) in [6.45, 7) is 4.67. The molecule has 2 heterocycles. The number of benzene rings is 2. The molecule has 1 aliphatic rings. The quantitative estimate of drug-likeness (QED) is 0.761. The molecule has 4 rings (SSSR count). The van der Waals surface area contributed by atoms with Crippen LogP contribution in [0.25, 0.3) is 0 Å². The van der Waals surface area contributed by atoms with Crippen LogP contribution in [0.1, 0.15) is 16.7 Å². The number of nitrogens with zero attached hydrogens (tertiary/aromatic N) is 3. The molecule has 0 saturated heterocycles. The largest absolute Gasteiger partial charge is 0.329 e. The first-order valence-electron chi connectivity index (χ1n) is 8.88. The van der Waals surface area contributed by atoms with Gasteiger partial charge in [0.25, 0.3) is 5.56 Å². The predicted octanol–water partition coefficient (Wildman–Crippen LogP) is 3.11. The van der Waals surface area contributed by atoms with Gasteiger partial charge in [-0.25, -0.2) is 4.79 Å². The second-order valence-electron chi connectivity index (χ2n) is 7.05. The summed E-state index contributed by atoms with van der Waals surface area (Å²) in [6, 6.07) is 14.2. The average molecular weight is 362 g/mol. The predicted molar refractivity (Wildman–Crippen MR) is 109 cm³/mol. The van der Waals surface area contributed by atoms with Gasteiger partial charge < -0.3 is 9.80 Å². The number of aromatic amines is 1. The smallest absolute Gasteiger partial charge is 0.328 e. The lowest BCUT2D eigenvalue weighted by Crippen LogP contribution is -2.41. The number of rotatable bonds is 2. The van der Waals surface area contributed by atoms with Crippen molar-refractivity contribution in [3.05, 3.63) is 80.0 Å². The first kappa shape index (κ1) is 17.1. The summed E-state index contributed by atoms with van der Waals surface area (Å²) >= 11 is 0. The van der Waals surface area contributed by atoms with E-state index in [2.05, 4.69) is 31.0 Å². The van der Waals surface area contributed by atoms with E-state index >= 15 is 0 Å². The Hall–Kier alpha value is -3.28. The van der Waals surface area contributed by atoms with Crippen molar-refractivity contribution in [2.75, 3.05) is 16.8 Å². The van der Waals surface area contributed by atoms with Crippen LogP contribution in [0, 0.1) is 13.8 Å². The SMILES string of the molecule is Cc1cc2c(cc1C)N(Cc1ccccc1)c1c([nH]c(=O)n(C)c1=O)N2C. The van der Waals surface area contributed by atoms with Gasteiger partial charge in [0.1, 0.15) is 11.5 Å². The summed E-state index contributed by atoms with van der Waals surface area (Å²) < 4.78 is 1.12. The Morgan fingerprint density at radius 3 is 2.22 bits per heavy atom. The maximum Gasteiger partial charge on any atom is 0.329 e. The van der Waals surface area contributed by atoms with E-state index in [4.69, 9.17) is 0 Å². The third-order valence-electron chi connectivity index (χ3n) is 5.29. The molecule has 0 saturated carbocycles. The van der Waals surface area contributed by atoms with Crippen LogP contribution in [0.3, 0.4) is 0 Å². The highest BCUT2D eigenvalue weighted by molar-refractivity contribution is 5.91. The third kappa shape index (κ3) is 2.65. The minimum Gasteiger partial charge on any atom is -0.328 e. The summed E-state index contributed by atoms with van der Waals surface area (Å²) in [6.07, 6.45) is 0. The van der Waals surface area contributed by atoms with Gasteiger partial charge in [0.15, 0.2) is 0 Å². The Kier molecular flexibility index (Phi) is 3.91. The second-order valence-corrected chi connectivity index (χ2v) is 7.05. The van der Waals surface area contributed by atoms with Crippen molar-refractivity contribution in [2.45, 2.75) is 20.4 Å². The number of hydrogen-bond acceptors (Lipinski definition) is 4. The van der Waals surface area contributed by atoms with E-state index in [1.165, 1.54) is 7.05 Å². The molecule has 1 aliphatic heterocycles. The molecule has 138 valence electrons. The lowest BCUT2D eigenvalue weighted by atomic mass is 10.0. The zero-order chi connectivity index (χ0) is 19.3. The molecule has 2 aromatic carbocycles. The lowest BCUT2D eigenvalue weighted by molar-refractivity contribution is 0.758. The zero-order valence-corrected chi connectivity index (χ0v) is 15.9. The van der Waals surface area contributed by atoms with Crippen LogP contribution in [0.15, 0.2) is 52.1 Å². The monoisotopic (exact) mass is 362 g/mol. The van der Waals surface area contributed by atoms with Crippen molar-refractivity contribution in [2.24, 2.45) is 7.05 Å². The molecular formula is C21H22N4O2. The van der Waals surface area contributed by atoms with Gasteiger partial charge in [0.05, 0.1) is 11.4 Å². The zero-order valence-electron chi connectivity index (χ0n) is 15.9. The van der Waals surface area contributed by atoms with Gasteiger partial charge in [-0.3, -0.25) is 14.3 Å². The number of aromatic nitrogens is 2. The molecule has 0 amide bonds. The Balaban J connectivity index is 2.01. The van der Waals surface area contributed by atoms with Crippen molar-refractivity contribution in [1.29, 1.82) is 0 Å². The van der Waals surface area contributed by atoms with E-state index in [1.54, 1.807) is 0 Å².